The van der Waals surface area contributed by atoms with Gasteiger partial charge in [-0.3, -0.25) is 0 Å². The van der Waals surface area contributed by atoms with Crippen LogP contribution in [0.4, 0.5) is 5.69 Å². The zero-order valence-electron chi connectivity index (χ0n) is 9.19. The average Bonchev–Trinajstić information content (AvgIpc) is 2.17. The number of sulfonamides is 1. The molecule has 0 saturated heterocycles. The van der Waals surface area contributed by atoms with Crippen molar-refractivity contribution in [1.29, 1.82) is 0 Å². The van der Waals surface area contributed by atoms with E-state index in [9.17, 15) is 8.42 Å². The van der Waals surface area contributed by atoms with Gasteiger partial charge in [-0.25, -0.2) is 12.7 Å². The summed E-state index contributed by atoms with van der Waals surface area (Å²) in [7, 11) is -0.365. The second-order valence-corrected chi connectivity index (χ2v) is 5.59. The largest absolute Gasteiger partial charge is 0.398 e. The third-order valence-corrected chi connectivity index (χ3v) is 4.18. The van der Waals surface area contributed by atoms with Crippen LogP contribution in [0.2, 0.25) is 0 Å². The van der Waals surface area contributed by atoms with Crippen LogP contribution in [0.3, 0.4) is 0 Å². The number of hydrogen-bond donors (Lipinski definition) is 1. The van der Waals surface area contributed by atoms with Crippen molar-refractivity contribution in [1.82, 2.24) is 4.31 Å². The van der Waals surface area contributed by atoms with E-state index in [0.717, 1.165) is 0 Å². The van der Waals surface area contributed by atoms with Crippen LogP contribution < -0.4 is 5.73 Å². The predicted molar refractivity (Wildman–Crippen MR) is 61.1 cm³/mol. The molecule has 0 spiro atoms. The molecule has 1 aromatic carbocycles. The normalized spacial score (nSPS) is 12.0. The van der Waals surface area contributed by atoms with E-state index in [1.165, 1.54) is 18.4 Å². The van der Waals surface area contributed by atoms with Gasteiger partial charge >= 0.3 is 0 Å². The van der Waals surface area contributed by atoms with Crippen molar-refractivity contribution in [3.8, 4) is 0 Å². The molecular weight excluding hydrogens is 212 g/mol. The Morgan fingerprint density at radius 3 is 2.40 bits per heavy atom. The fraction of sp³-hybridized carbons (Fsp3) is 0.400. The lowest BCUT2D eigenvalue weighted by atomic mass is 10.1. The van der Waals surface area contributed by atoms with Gasteiger partial charge in [-0.2, -0.15) is 0 Å². The number of nitrogens with zero attached hydrogens (tertiary/aromatic N) is 1. The average molecular weight is 228 g/mol. The Hall–Kier alpha value is -1.07. The molecule has 0 aliphatic heterocycles. The summed E-state index contributed by atoms with van der Waals surface area (Å²) in [6.45, 7) is 1.89. The molecule has 0 aliphatic rings. The molecule has 0 radical (unpaired) electrons. The Balaban J connectivity index is 3.45. The quantitative estimate of drug-likeness (QED) is 0.787. The first-order chi connectivity index (χ1) is 6.91. The van der Waals surface area contributed by atoms with Crippen molar-refractivity contribution >= 4 is 15.7 Å². The molecule has 0 heterocycles. The van der Waals surface area contributed by atoms with Gasteiger partial charge in [-0.15, -0.1) is 0 Å². The van der Waals surface area contributed by atoms with Crippen molar-refractivity contribution in [2.24, 2.45) is 0 Å². The van der Waals surface area contributed by atoms with Crippen LogP contribution in [-0.4, -0.2) is 26.8 Å². The third-order valence-electron chi connectivity index (χ3n) is 2.28. The van der Waals surface area contributed by atoms with Crippen LogP contribution in [0.15, 0.2) is 23.1 Å². The van der Waals surface area contributed by atoms with Gasteiger partial charge in [-0.05, 0) is 24.1 Å². The number of nitrogens with two attached hydrogens (primary N) is 1. The molecule has 0 atom stereocenters. The maximum atomic E-state index is 11.9. The molecule has 0 amide bonds. The van der Waals surface area contributed by atoms with Crippen molar-refractivity contribution in [3.05, 3.63) is 23.8 Å². The standard InChI is InChI=1S/C10H16N2O2S/c1-4-8-9(11)6-5-7-10(8)15(13,14)12(2)3/h5-7H,4,11H2,1-3H3. The molecule has 2 N–H and O–H groups in total. The SMILES string of the molecule is CCc1c(N)cccc1S(=O)(=O)N(C)C. The lowest BCUT2D eigenvalue weighted by Crippen LogP contribution is -2.23. The van der Waals surface area contributed by atoms with E-state index < -0.39 is 10.0 Å². The van der Waals surface area contributed by atoms with Crippen molar-refractivity contribution < 1.29 is 8.42 Å². The molecule has 0 fully saturated rings. The highest BCUT2D eigenvalue weighted by atomic mass is 32.2. The number of hydrogen-bond acceptors (Lipinski definition) is 3. The molecule has 0 aromatic heterocycles. The summed E-state index contributed by atoms with van der Waals surface area (Å²) in [5, 5.41) is 0. The van der Waals surface area contributed by atoms with E-state index in [2.05, 4.69) is 0 Å². The Kier molecular flexibility index (Phi) is 3.36. The van der Waals surface area contributed by atoms with E-state index in [-0.39, 0.29) is 0 Å². The molecule has 5 heteroatoms. The molecule has 4 nitrogen and oxygen atoms in total. The van der Waals surface area contributed by atoms with Gasteiger partial charge in [0.15, 0.2) is 0 Å². The van der Waals surface area contributed by atoms with Gasteiger partial charge in [0.05, 0.1) is 4.90 Å². The number of rotatable bonds is 3. The highest BCUT2D eigenvalue weighted by Crippen LogP contribution is 2.23. The topological polar surface area (TPSA) is 63.4 Å². The zero-order chi connectivity index (χ0) is 11.6. The van der Waals surface area contributed by atoms with Gasteiger partial charge in [0.1, 0.15) is 0 Å². The second kappa shape index (κ2) is 4.20. The fourth-order valence-corrected chi connectivity index (χ4v) is 2.62. The van der Waals surface area contributed by atoms with Gasteiger partial charge in [-0.1, -0.05) is 13.0 Å². The predicted octanol–water partition coefficient (Wildman–Crippen LogP) is 1.08. The summed E-state index contributed by atoms with van der Waals surface area (Å²) in [4.78, 5) is 0.301. The van der Waals surface area contributed by atoms with Crippen molar-refractivity contribution in [3.63, 3.8) is 0 Å². The maximum Gasteiger partial charge on any atom is 0.242 e. The Morgan fingerprint density at radius 1 is 1.33 bits per heavy atom. The van der Waals surface area contributed by atoms with Gasteiger partial charge in [0.25, 0.3) is 0 Å². The van der Waals surface area contributed by atoms with Gasteiger partial charge < -0.3 is 5.73 Å². The van der Waals surface area contributed by atoms with Crippen molar-refractivity contribution in [2.45, 2.75) is 18.2 Å². The van der Waals surface area contributed by atoms with E-state index in [1.54, 1.807) is 18.2 Å². The highest BCUT2D eigenvalue weighted by Gasteiger charge is 2.21. The minimum Gasteiger partial charge on any atom is -0.398 e. The molecular formula is C10H16N2O2S. The smallest absolute Gasteiger partial charge is 0.242 e. The lowest BCUT2D eigenvalue weighted by Gasteiger charge is -2.15. The monoisotopic (exact) mass is 228 g/mol. The number of anilines is 1. The van der Waals surface area contributed by atoms with Crippen LogP contribution in [0.5, 0.6) is 0 Å². The van der Waals surface area contributed by atoms with Crippen molar-refractivity contribution in [2.75, 3.05) is 19.8 Å². The summed E-state index contributed by atoms with van der Waals surface area (Å²) in [5.41, 5.74) is 6.96. The second-order valence-electron chi connectivity index (χ2n) is 3.46. The molecule has 0 bridgehead atoms. The van der Waals surface area contributed by atoms with Gasteiger partial charge in [0, 0.05) is 19.8 Å². The van der Waals surface area contributed by atoms with E-state index >= 15 is 0 Å². The minimum absolute atomic E-state index is 0.301. The molecule has 0 aliphatic carbocycles. The van der Waals surface area contributed by atoms with Crippen LogP contribution in [0, 0.1) is 0 Å². The summed E-state index contributed by atoms with van der Waals surface area (Å²) in [6, 6.07) is 4.96. The summed E-state index contributed by atoms with van der Waals surface area (Å²) >= 11 is 0. The molecule has 1 aromatic rings. The van der Waals surface area contributed by atoms with Crippen LogP contribution in [0.25, 0.3) is 0 Å². The lowest BCUT2D eigenvalue weighted by molar-refractivity contribution is 0.520. The Labute approximate surface area is 90.8 Å². The molecule has 0 unspecified atom stereocenters. The summed E-state index contributed by atoms with van der Waals surface area (Å²) < 4.78 is 25.1. The van der Waals surface area contributed by atoms with Crippen LogP contribution >= 0.6 is 0 Å². The maximum absolute atomic E-state index is 11.9. The van der Waals surface area contributed by atoms with E-state index in [4.69, 9.17) is 5.73 Å². The zero-order valence-corrected chi connectivity index (χ0v) is 10.0. The summed E-state index contributed by atoms with van der Waals surface area (Å²) in [5.74, 6) is 0. The molecule has 1 rings (SSSR count). The van der Waals surface area contributed by atoms with Gasteiger partial charge in [0.2, 0.25) is 10.0 Å². The third kappa shape index (κ3) is 2.13. The fourth-order valence-electron chi connectivity index (χ4n) is 1.40. The van der Waals surface area contributed by atoms with Crippen LogP contribution in [0.1, 0.15) is 12.5 Å². The first-order valence-corrected chi connectivity index (χ1v) is 6.15. The minimum atomic E-state index is -3.39. The summed E-state index contributed by atoms with van der Waals surface area (Å²) in [6.07, 6.45) is 0.606. The molecule has 84 valence electrons. The highest BCUT2D eigenvalue weighted by molar-refractivity contribution is 7.89. The Bertz CT molecular complexity index is 452. The Morgan fingerprint density at radius 2 is 1.93 bits per heavy atom. The molecule has 0 saturated carbocycles. The number of nitrogen functional groups attached to an aromatic ring is 1. The molecule has 15 heavy (non-hydrogen) atoms. The van der Waals surface area contributed by atoms with Crippen LogP contribution in [-0.2, 0) is 16.4 Å². The number of benzene rings is 1. The van der Waals surface area contributed by atoms with E-state index in [1.807, 2.05) is 6.92 Å². The van der Waals surface area contributed by atoms with E-state index in [0.29, 0.717) is 22.6 Å². The first-order valence-electron chi connectivity index (χ1n) is 4.71. The first kappa shape index (κ1) is 12.0.